The molecule has 0 saturated carbocycles. The second-order valence-electron chi connectivity index (χ2n) is 5.78. The topological polar surface area (TPSA) is 98.7 Å². The first-order valence-electron chi connectivity index (χ1n) is 7.60. The lowest BCUT2D eigenvalue weighted by atomic mass is 9.91. The Kier molecular flexibility index (Phi) is 4.69. The van der Waals surface area contributed by atoms with E-state index in [4.69, 9.17) is 0 Å². The second-order valence-corrected chi connectivity index (χ2v) is 5.78. The number of carboxylic acid groups (broad SMARTS) is 1. The van der Waals surface area contributed by atoms with E-state index in [-0.39, 0.29) is 5.91 Å². The lowest BCUT2D eigenvalue weighted by Gasteiger charge is -2.36. The number of rotatable bonds is 4. The summed E-state index contributed by atoms with van der Waals surface area (Å²) < 4.78 is 0. The zero-order chi connectivity index (χ0) is 15.5. The van der Waals surface area contributed by atoms with Crippen LogP contribution in [0.1, 0.15) is 45.4 Å². The summed E-state index contributed by atoms with van der Waals surface area (Å²) in [4.78, 5) is 37.2. The molecule has 7 nitrogen and oxygen atoms in total. The lowest BCUT2D eigenvalue weighted by Crippen LogP contribution is -2.59. The summed E-state index contributed by atoms with van der Waals surface area (Å²) in [5.74, 6) is -1.14. The highest BCUT2D eigenvalue weighted by atomic mass is 16.4. The monoisotopic (exact) mass is 297 g/mol. The molecule has 0 aromatic heterocycles. The molecule has 2 fully saturated rings. The van der Waals surface area contributed by atoms with Crippen LogP contribution in [0.5, 0.6) is 0 Å². The fourth-order valence-corrected chi connectivity index (χ4v) is 3.31. The number of piperidine rings is 1. The zero-order valence-electron chi connectivity index (χ0n) is 12.4. The number of urea groups is 1. The maximum Gasteiger partial charge on any atom is 0.329 e. The molecule has 0 aliphatic carbocycles. The molecule has 0 radical (unpaired) electrons. The normalized spacial score (nSPS) is 29.1. The number of likely N-dealkylation sites (tertiary alicyclic amines) is 1. The van der Waals surface area contributed by atoms with Gasteiger partial charge in [0.2, 0.25) is 5.91 Å². The fourth-order valence-electron chi connectivity index (χ4n) is 3.31. The van der Waals surface area contributed by atoms with Gasteiger partial charge in [-0.25, -0.2) is 9.59 Å². The van der Waals surface area contributed by atoms with Gasteiger partial charge in [-0.2, -0.15) is 0 Å². The molecule has 2 unspecified atom stereocenters. The van der Waals surface area contributed by atoms with Crippen LogP contribution in [0, 0.1) is 0 Å². The number of nitrogens with one attached hydrogen (secondary N) is 2. The molecule has 0 bridgehead atoms. The SMILES string of the molecule is CCCC1(C(=O)O)CCCN1C(=O)NC1CCCNC1=O. The third kappa shape index (κ3) is 2.96. The van der Waals surface area contributed by atoms with Gasteiger partial charge in [0.1, 0.15) is 11.6 Å². The maximum absolute atomic E-state index is 12.4. The van der Waals surface area contributed by atoms with Gasteiger partial charge in [-0.15, -0.1) is 0 Å². The van der Waals surface area contributed by atoms with Crippen molar-refractivity contribution in [2.75, 3.05) is 13.1 Å². The van der Waals surface area contributed by atoms with Crippen molar-refractivity contribution in [3.63, 3.8) is 0 Å². The van der Waals surface area contributed by atoms with E-state index >= 15 is 0 Å². The molecule has 2 rings (SSSR count). The summed E-state index contributed by atoms with van der Waals surface area (Å²) in [6, 6.07) is -0.995. The molecule has 2 heterocycles. The average Bonchev–Trinajstić information content (AvgIpc) is 2.87. The van der Waals surface area contributed by atoms with Crippen molar-refractivity contribution in [2.45, 2.75) is 57.0 Å². The Bertz CT molecular complexity index is 440. The predicted octanol–water partition coefficient (Wildman–Crippen LogP) is 0.694. The van der Waals surface area contributed by atoms with Crippen LogP contribution >= 0.6 is 0 Å². The summed E-state index contributed by atoms with van der Waals surface area (Å²) in [5.41, 5.74) is -1.12. The van der Waals surface area contributed by atoms with E-state index in [0.717, 1.165) is 6.42 Å². The first kappa shape index (κ1) is 15.6. The average molecular weight is 297 g/mol. The Morgan fingerprint density at radius 3 is 2.86 bits per heavy atom. The number of hydrogen-bond donors (Lipinski definition) is 3. The molecule has 3 amide bonds. The minimum atomic E-state index is -1.12. The van der Waals surface area contributed by atoms with E-state index < -0.39 is 23.6 Å². The van der Waals surface area contributed by atoms with Crippen molar-refractivity contribution in [2.24, 2.45) is 0 Å². The largest absolute Gasteiger partial charge is 0.479 e. The Morgan fingerprint density at radius 1 is 1.48 bits per heavy atom. The van der Waals surface area contributed by atoms with Crippen molar-refractivity contribution in [1.82, 2.24) is 15.5 Å². The van der Waals surface area contributed by atoms with E-state index in [9.17, 15) is 19.5 Å². The molecule has 0 aromatic rings. The summed E-state index contributed by atoms with van der Waals surface area (Å²) >= 11 is 0. The molecule has 2 atom stereocenters. The Labute approximate surface area is 124 Å². The van der Waals surface area contributed by atoms with Crippen LogP contribution in [-0.4, -0.2) is 52.6 Å². The van der Waals surface area contributed by atoms with Crippen LogP contribution < -0.4 is 10.6 Å². The summed E-state index contributed by atoms with van der Waals surface area (Å²) in [7, 11) is 0. The molecule has 2 aliphatic rings. The molecular weight excluding hydrogens is 274 g/mol. The number of carbonyl (C=O) groups is 3. The summed E-state index contributed by atoms with van der Waals surface area (Å²) in [6.45, 7) is 2.96. The lowest BCUT2D eigenvalue weighted by molar-refractivity contribution is -0.148. The quantitative estimate of drug-likeness (QED) is 0.711. The van der Waals surface area contributed by atoms with Gasteiger partial charge in [0, 0.05) is 13.1 Å². The number of carboxylic acids is 1. The van der Waals surface area contributed by atoms with Gasteiger partial charge < -0.3 is 20.6 Å². The second kappa shape index (κ2) is 6.32. The van der Waals surface area contributed by atoms with E-state index in [1.54, 1.807) is 0 Å². The van der Waals surface area contributed by atoms with Crippen LogP contribution in [0.25, 0.3) is 0 Å². The van der Waals surface area contributed by atoms with E-state index in [1.807, 2.05) is 6.92 Å². The van der Waals surface area contributed by atoms with Gasteiger partial charge in [0.05, 0.1) is 0 Å². The van der Waals surface area contributed by atoms with Gasteiger partial charge >= 0.3 is 12.0 Å². The molecule has 0 spiro atoms. The first-order chi connectivity index (χ1) is 10.0. The number of carbonyl (C=O) groups excluding carboxylic acids is 2. The highest BCUT2D eigenvalue weighted by molar-refractivity contribution is 5.91. The summed E-state index contributed by atoms with van der Waals surface area (Å²) in [6.07, 6.45) is 3.69. The predicted molar refractivity (Wildman–Crippen MR) is 75.8 cm³/mol. The Morgan fingerprint density at radius 2 is 2.24 bits per heavy atom. The van der Waals surface area contributed by atoms with Crippen molar-refractivity contribution >= 4 is 17.9 Å². The minimum absolute atomic E-state index is 0.190. The third-order valence-electron chi connectivity index (χ3n) is 4.38. The Hall–Kier alpha value is -1.79. The molecule has 118 valence electrons. The van der Waals surface area contributed by atoms with Crippen LogP contribution in [0.15, 0.2) is 0 Å². The van der Waals surface area contributed by atoms with Crippen LogP contribution in [0.4, 0.5) is 4.79 Å². The van der Waals surface area contributed by atoms with Crippen molar-refractivity contribution in [1.29, 1.82) is 0 Å². The van der Waals surface area contributed by atoms with Gasteiger partial charge in [-0.1, -0.05) is 13.3 Å². The fraction of sp³-hybridized carbons (Fsp3) is 0.786. The molecule has 2 aliphatic heterocycles. The molecule has 7 heteroatoms. The highest BCUT2D eigenvalue weighted by Gasteiger charge is 2.49. The van der Waals surface area contributed by atoms with Gasteiger partial charge in [-0.3, -0.25) is 4.79 Å². The zero-order valence-corrected chi connectivity index (χ0v) is 12.4. The Balaban J connectivity index is 2.09. The first-order valence-corrected chi connectivity index (χ1v) is 7.60. The number of aliphatic carboxylic acids is 1. The molecule has 3 N–H and O–H groups in total. The molecule has 0 aromatic carbocycles. The van der Waals surface area contributed by atoms with Gasteiger partial charge in [0.25, 0.3) is 0 Å². The number of amides is 3. The smallest absolute Gasteiger partial charge is 0.329 e. The van der Waals surface area contributed by atoms with Crippen molar-refractivity contribution in [3.05, 3.63) is 0 Å². The standard InChI is InChI=1S/C14H23N3O4/c1-2-6-14(12(19)20)7-4-9-17(14)13(21)16-10-5-3-8-15-11(10)18/h10H,2-9H2,1H3,(H,15,18)(H,16,21)(H,19,20). The van der Waals surface area contributed by atoms with Gasteiger partial charge in [0.15, 0.2) is 0 Å². The number of nitrogens with zero attached hydrogens (tertiary/aromatic N) is 1. The van der Waals surface area contributed by atoms with Crippen LogP contribution in [0.2, 0.25) is 0 Å². The highest BCUT2D eigenvalue weighted by Crippen LogP contribution is 2.34. The van der Waals surface area contributed by atoms with E-state index in [2.05, 4.69) is 10.6 Å². The van der Waals surface area contributed by atoms with Crippen molar-refractivity contribution < 1.29 is 19.5 Å². The molecular formula is C14H23N3O4. The third-order valence-corrected chi connectivity index (χ3v) is 4.38. The van der Waals surface area contributed by atoms with Crippen LogP contribution in [0.3, 0.4) is 0 Å². The maximum atomic E-state index is 12.4. The number of hydrogen-bond acceptors (Lipinski definition) is 3. The molecule has 21 heavy (non-hydrogen) atoms. The van der Waals surface area contributed by atoms with E-state index in [0.29, 0.717) is 45.2 Å². The van der Waals surface area contributed by atoms with Crippen molar-refractivity contribution in [3.8, 4) is 0 Å². The summed E-state index contributed by atoms with van der Waals surface area (Å²) in [5, 5.41) is 15.0. The molecule has 2 saturated heterocycles. The van der Waals surface area contributed by atoms with E-state index in [1.165, 1.54) is 4.90 Å². The minimum Gasteiger partial charge on any atom is -0.479 e. The van der Waals surface area contributed by atoms with Gasteiger partial charge in [-0.05, 0) is 32.1 Å². The van der Waals surface area contributed by atoms with Crippen LogP contribution in [-0.2, 0) is 9.59 Å².